The third-order valence-electron chi connectivity index (χ3n) is 0.627. The van der Waals surface area contributed by atoms with Crippen LogP contribution in [0.3, 0.4) is 0 Å². The molecule has 0 aliphatic carbocycles. The van der Waals surface area contributed by atoms with Gasteiger partial charge in [0.2, 0.25) is 0 Å². The molecule has 1 saturated heterocycles. The molecule has 0 aromatic rings. The first-order valence-corrected chi connectivity index (χ1v) is 2.68. The fourth-order valence-corrected chi connectivity index (χ4v) is 0.361. The fraction of sp³-hybridized carbons (Fsp3) is 1.00. The molecule has 0 aromatic heterocycles. The number of nitrogens with one attached hydrogen (secondary N) is 1. The Morgan fingerprint density at radius 3 is 1.58 bits per heavy atom. The van der Waals surface area contributed by atoms with E-state index in [1.165, 1.54) is 0 Å². The molecule has 1 rings (SSSR count). The Balaban J connectivity index is -0.0000000213. The van der Waals surface area contributed by atoms with Gasteiger partial charge in [-0.15, -0.1) is 0 Å². The van der Waals surface area contributed by atoms with Crippen LogP contribution in [0.4, 0.5) is 0 Å². The largest absolute Gasteiger partial charge is 2.00 e. The molecule has 0 atom stereocenters. The van der Waals surface area contributed by atoms with Crippen LogP contribution in [-0.4, -0.2) is 44.3 Å². The minimum absolute atomic E-state index is 0. The molecule has 1 heterocycles. The van der Waals surface area contributed by atoms with Gasteiger partial charge in [0.25, 0.3) is 0 Å². The van der Waals surface area contributed by atoms with Crippen molar-refractivity contribution >= 4 is 0 Å². The van der Waals surface area contributed by atoms with Gasteiger partial charge in [0.05, 0.1) is 13.3 Å². The van der Waals surface area contributed by atoms with Crippen LogP contribution in [0.1, 0.15) is 0 Å². The third-order valence-corrected chi connectivity index (χ3v) is 0.627. The quantitative estimate of drug-likeness (QED) is 0.389. The minimum atomic E-state index is 0. The molecule has 4 nitrogen and oxygen atoms in total. The summed E-state index contributed by atoms with van der Waals surface area (Å²) in [6.45, 7) is 2.67. The Morgan fingerprint density at radius 1 is 1.08 bits per heavy atom. The molecular formula is C5H15Cl2NO3Pd. The zero-order valence-corrected chi connectivity index (χ0v) is 10.1. The molecule has 1 aliphatic rings. The normalized spacial score (nSPS) is 11.0. The SMILES string of the molecule is C1COCN1.CO.CO.[Cl-].[Cl-].[Pd+2]. The number of hydrogen-bond acceptors (Lipinski definition) is 4. The minimum Gasteiger partial charge on any atom is -1.00 e. The summed E-state index contributed by atoms with van der Waals surface area (Å²) in [5.74, 6) is 0. The molecule has 12 heavy (non-hydrogen) atoms. The molecule has 1 aliphatic heterocycles. The second-order valence-electron chi connectivity index (χ2n) is 1.05. The average Bonchev–Trinajstić information content (AvgIpc) is 2.51. The Morgan fingerprint density at radius 2 is 1.50 bits per heavy atom. The topological polar surface area (TPSA) is 61.7 Å². The molecule has 82 valence electrons. The number of aliphatic hydroxyl groups is 2. The first kappa shape index (κ1) is 29.2. The van der Waals surface area contributed by atoms with E-state index in [4.69, 9.17) is 14.9 Å². The van der Waals surface area contributed by atoms with Gasteiger partial charge >= 0.3 is 20.4 Å². The van der Waals surface area contributed by atoms with Crippen molar-refractivity contribution in [3.63, 3.8) is 0 Å². The van der Waals surface area contributed by atoms with Gasteiger partial charge in [-0.2, -0.15) is 0 Å². The molecule has 1 fully saturated rings. The Labute approximate surface area is 99.5 Å². The molecule has 0 unspecified atom stereocenters. The maximum absolute atomic E-state index is 7.00. The first-order valence-electron chi connectivity index (χ1n) is 2.68. The molecular weight excluding hydrogens is 299 g/mol. The van der Waals surface area contributed by atoms with E-state index in [1.807, 2.05) is 0 Å². The number of aliphatic hydroxyl groups excluding tert-OH is 2. The van der Waals surface area contributed by atoms with Crippen LogP contribution in [0.2, 0.25) is 0 Å². The van der Waals surface area contributed by atoms with Crippen LogP contribution in [-0.2, 0) is 25.2 Å². The van der Waals surface area contributed by atoms with Gasteiger partial charge in [0, 0.05) is 20.8 Å². The molecule has 0 spiro atoms. The zero-order chi connectivity index (χ0) is 7.54. The van der Waals surface area contributed by atoms with Gasteiger partial charge < -0.3 is 39.8 Å². The van der Waals surface area contributed by atoms with Crippen LogP contribution in [0.25, 0.3) is 0 Å². The smallest absolute Gasteiger partial charge is 1.00 e. The van der Waals surface area contributed by atoms with E-state index in [-0.39, 0.29) is 45.2 Å². The Hall–Kier alpha value is 1.08. The van der Waals surface area contributed by atoms with Gasteiger partial charge in [-0.3, -0.25) is 5.32 Å². The van der Waals surface area contributed by atoms with E-state index < -0.39 is 0 Å². The summed E-state index contributed by atoms with van der Waals surface area (Å²) in [6.07, 6.45) is 0. The van der Waals surface area contributed by atoms with E-state index in [1.54, 1.807) is 0 Å². The Kier molecular flexibility index (Phi) is 97.7. The average molecular weight is 315 g/mol. The number of hydrogen-bond donors (Lipinski definition) is 3. The van der Waals surface area contributed by atoms with E-state index in [0.29, 0.717) is 0 Å². The van der Waals surface area contributed by atoms with Gasteiger partial charge in [0.15, 0.2) is 0 Å². The van der Waals surface area contributed by atoms with Crippen molar-refractivity contribution in [1.82, 2.24) is 5.32 Å². The van der Waals surface area contributed by atoms with Crippen molar-refractivity contribution in [2.45, 2.75) is 0 Å². The van der Waals surface area contributed by atoms with Crippen molar-refractivity contribution in [2.75, 3.05) is 34.1 Å². The van der Waals surface area contributed by atoms with E-state index in [2.05, 4.69) is 5.32 Å². The predicted molar refractivity (Wildman–Crippen MR) is 35.1 cm³/mol. The second-order valence-corrected chi connectivity index (χ2v) is 1.05. The van der Waals surface area contributed by atoms with Crippen LogP contribution in [0.15, 0.2) is 0 Å². The van der Waals surface area contributed by atoms with Gasteiger partial charge in [0.1, 0.15) is 0 Å². The van der Waals surface area contributed by atoms with Crippen molar-refractivity contribution in [3.05, 3.63) is 0 Å². The summed E-state index contributed by atoms with van der Waals surface area (Å²) in [6, 6.07) is 0. The van der Waals surface area contributed by atoms with Gasteiger partial charge in [-0.1, -0.05) is 0 Å². The molecule has 7 heteroatoms. The summed E-state index contributed by atoms with van der Waals surface area (Å²) < 4.78 is 4.83. The second kappa shape index (κ2) is 40.1. The maximum atomic E-state index is 7.00. The van der Waals surface area contributed by atoms with Gasteiger partial charge in [-0.05, 0) is 0 Å². The zero-order valence-electron chi connectivity index (χ0n) is 7.00. The molecule has 0 aromatic carbocycles. The van der Waals surface area contributed by atoms with Crippen molar-refractivity contribution in [2.24, 2.45) is 0 Å². The molecule has 0 amide bonds. The molecule has 0 saturated carbocycles. The Bertz CT molecular complexity index is 36.3. The summed E-state index contributed by atoms with van der Waals surface area (Å²) in [4.78, 5) is 0. The number of rotatable bonds is 0. The van der Waals surface area contributed by atoms with Crippen LogP contribution in [0, 0.1) is 0 Å². The van der Waals surface area contributed by atoms with E-state index in [9.17, 15) is 0 Å². The van der Waals surface area contributed by atoms with Crippen molar-refractivity contribution < 1.29 is 60.2 Å². The van der Waals surface area contributed by atoms with Crippen LogP contribution in [0.5, 0.6) is 0 Å². The molecule has 3 N–H and O–H groups in total. The van der Waals surface area contributed by atoms with Gasteiger partial charge in [-0.25, -0.2) is 0 Å². The van der Waals surface area contributed by atoms with Crippen LogP contribution < -0.4 is 30.1 Å². The summed E-state index contributed by atoms with van der Waals surface area (Å²) in [5, 5.41) is 17.0. The van der Waals surface area contributed by atoms with E-state index >= 15 is 0 Å². The molecule has 0 radical (unpaired) electrons. The van der Waals surface area contributed by atoms with Crippen molar-refractivity contribution in [1.29, 1.82) is 0 Å². The fourth-order valence-electron chi connectivity index (χ4n) is 0.361. The monoisotopic (exact) mass is 313 g/mol. The third kappa shape index (κ3) is 30.5. The summed E-state index contributed by atoms with van der Waals surface area (Å²) in [5.41, 5.74) is 0. The summed E-state index contributed by atoms with van der Waals surface area (Å²) in [7, 11) is 2.00. The summed E-state index contributed by atoms with van der Waals surface area (Å²) >= 11 is 0. The van der Waals surface area contributed by atoms with Crippen LogP contribution >= 0.6 is 0 Å². The standard InChI is InChI=1S/C3H7NO.2CH4O.2ClH.Pd/c1-2-5-3-4-1;2*1-2;;;/h4H,1-3H2;2*2H,1H3;2*1H;/q;;;;;+2/p-2. The number of halogens is 2. The first-order chi connectivity index (χ1) is 4.50. The predicted octanol–water partition coefficient (Wildman–Crippen LogP) is -7.21. The number of ether oxygens (including phenoxy) is 1. The maximum Gasteiger partial charge on any atom is 2.00 e. The van der Waals surface area contributed by atoms with Crippen molar-refractivity contribution in [3.8, 4) is 0 Å². The van der Waals surface area contributed by atoms with E-state index in [0.717, 1.165) is 34.1 Å². The molecule has 0 bridgehead atoms.